The minimum absolute atomic E-state index is 0.766. The third-order valence-corrected chi connectivity index (χ3v) is 4.11. The van der Waals surface area contributed by atoms with Crippen molar-refractivity contribution in [2.45, 2.75) is 6.92 Å². The number of rotatable bonds is 1. The predicted octanol–water partition coefficient (Wildman–Crippen LogP) is 3.31. The Morgan fingerprint density at radius 3 is 2.94 bits per heavy atom. The van der Waals surface area contributed by atoms with Crippen molar-refractivity contribution in [2.75, 3.05) is 5.73 Å². The van der Waals surface area contributed by atoms with Crippen LogP contribution in [0.15, 0.2) is 23.6 Å². The first kappa shape index (κ1) is 9.74. The van der Waals surface area contributed by atoms with Crippen molar-refractivity contribution in [3.8, 4) is 10.7 Å². The standard InChI is InChI=1S/C11H9N3S2/c1-6-5-15-11(13-6)10-8-4-7(12)2-3-9(8)16-14-10/h2-5H,12H2,1H3. The average Bonchev–Trinajstić information content (AvgIpc) is 2.83. The zero-order valence-electron chi connectivity index (χ0n) is 8.60. The molecule has 0 aliphatic heterocycles. The number of hydrogen-bond donors (Lipinski definition) is 1. The molecule has 2 heterocycles. The largest absolute Gasteiger partial charge is 0.399 e. The van der Waals surface area contributed by atoms with E-state index in [1.54, 1.807) is 11.3 Å². The molecule has 0 aliphatic rings. The number of nitrogen functional groups attached to an aromatic ring is 1. The van der Waals surface area contributed by atoms with Crippen LogP contribution in [0.5, 0.6) is 0 Å². The van der Waals surface area contributed by atoms with Crippen molar-refractivity contribution in [3.63, 3.8) is 0 Å². The Hall–Kier alpha value is -1.46. The third kappa shape index (κ3) is 1.48. The molecule has 2 aromatic heterocycles. The van der Waals surface area contributed by atoms with Gasteiger partial charge in [0, 0.05) is 22.1 Å². The van der Waals surface area contributed by atoms with Gasteiger partial charge in [-0.05, 0) is 36.7 Å². The van der Waals surface area contributed by atoms with Crippen LogP contribution in [0.2, 0.25) is 0 Å². The summed E-state index contributed by atoms with van der Waals surface area (Å²) < 4.78 is 5.60. The Labute approximate surface area is 101 Å². The molecular formula is C11H9N3S2. The molecule has 80 valence electrons. The third-order valence-electron chi connectivity index (χ3n) is 2.32. The molecule has 3 aromatic rings. The van der Waals surface area contributed by atoms with Crippen LogP contribution in [0.1, 0.15) is 5.69 Å². The minimum atomic E-state index is 0.766. The number of nitrogens with two attached hydrogens (primary N) is 1. The first-order chi connectivity index (χ1) is 7.74. The van der Waals surface area contributed by atoms with Gasteiger partial charge in [0.25, 0.3) is 0 Å². The van der Waals surface area contributed by atoms with Crippen molar-refractivity contribution in [2.24, 2.45) is 0 Å². The van der Waals surface area contributed by atoms with E-state index in [9.17, 15) is 0 Å². The molecule has 5 heteroatoms. The Kier molecular flexibility index (Phi) is 2.15. The zero-order chi connectivity index (χ0) is 11.1. The maximum atomic E-state index is 5.80. The molecule has 0 atom stereocenters. The van der Waals surface area contributed by atoms with Gasteiger partial charge < -0.3 is 5.73 Å². The zero-order valence-corrected chi connectivity index (χ0v) is 10.2. The van der Waals surface area contributed by atoms with Gasteiger partial charge in [0.1, 0.15) is 10.7 Å². The highest BCUT2D eigenvalue weighted by Crippen LogP contribution is 2.33. The van der Waals surface area contributed by atoms with Gasteiger partial charge in [-0.1, -0.05) is 0 Å². The highest BCUT2D eigenvalue weighted by atomic mass is 32.1. The molecular weight excluding hydrogens is 238 g/mol. The summed E-state index contributed by atoms with van der Waals surface area (Å²) in [7, 11) is 0. The van der Waals surface area contributed by atoms with Gasteiger partial charge in [-0.25, -0.2) is 4.98 Å². The van der Waals surface area contributed by atoms with Gasteiger partial charge in [-0.15, -0.1) is 11.3 Å². The van der Waals surface area contributed by atoms with E-state index in [1.807, 2.05) is 30.5 Å². The van der Waals surface area contributed by atoms with Gasteiger partial charge in [-0.3, -0.25) is 0 Å². The lowest BCUT2D eigenvalue weighted by Gasteiger charge is -1.94. The van der Waals surface area contributed by atoms with E-state index in [0.717, 1.165) is 32.2 Å². The SMILES string of the molecule is Cc1csc(-c2nsc3ccc(N)cc23)n1. The number of anilines is 1. The van der Waals surface area contributed by atoms with E-state index in [-0.39, 0.29) is 0 Å². The van der Waals surface area contributed by atoms with Crippen LogP contribution < -0.4 is 5.73 Å². The summed E-state index contributed by atoms with van der Waals surface area (Å²) in [4.78, 5) is 4.45. The van der Waals surface area contributed by atoms with Crippen LogP contribution in [0, 0.1) is 6.92 Å². The van der Waals surface area contributed by atoms with Crippen LogP contribution in [0.25, 0.3) is 20.8 Å². The summed E-state index contributed by atoms with van der Waals surface area (Å²) in [6, 6.07) is 5.87. The van der Waals surface area contributed by atoms with Crippen LogP contribution in [-0.4, -0.2) is 9.36 Å². The number of benzene rings is 1. The molecule has 0 saturated carbocycles. The molecule has 0 amide bonds. The number of aryl methyl sites for hydroxylation is 1. The molecule has 2 N–H and O–H groups in total. The molecule has 0 unspecified atom stereocenters. The van der Waals surface area contributed by atoms with Crippen molar-refractivity contribution in [1.82, 2.24) is 9.36 Å². The number of fused-ring (bicyclic) bond motifs is 1. The van der Waals surface area contributed by atoms with Crippen molar-refractivity contribution in [3.05, 3.63) is 29.3 Å². The van der Waals surface area contributed by atoms with E-state index in [4.69, 9.17) is 5.73 Å². The van der Waals surface area contributed by atoms with Crippen LogP contribution in [0.4, 0.5) is 5.69 Å². The van der Waals surface area contributed by atoms with E-state index in [2.05, 4.69) is 9.36 Å². The van der Waals surface area contributed by atoms with Crippen molar-refractivity contribution < 1.29 is 0 Å². The fraction of sp³-hybridized carbons (Fsp3) is 0.0909. The van der Waals surface area contributed by atoms with Crippen LogP contribution in [0.3, 0.4) is 0 Å². The molecule has 3 nitrogen and oxygen atoms in total. The predicted molar refractivity (Wildman–Crippen MR) is 69.9 cm³/mol. The monoisotopic (exact) mass is 247 g/mol. The van der Waals surface area contributed by atoms with E-state index in [1.165, 1.54) is 11.5 Å². The fourth-order valence-corrected chi connectivity index (χ4v) is 3.19. The van der Waals surface area contributed by atoms with Gasteiger partial charge in [-0.2, -0.15) is 4.37 Å². The van der Waals surface area contributed by atoms with Gasteiger partial charge in [0.05, 0.1) is 4.70 Å². The van der Waals surface area contributed by atoms with E-state index in [0.29, 0.717) is 0 Å². The molecule has 3 rings (SSSR count). The highest BCUT2D eigenvalue weighted by molar-refractivity contribution is 7.15. The minimum Gasteiger partial charge on any atom is -0.399 e. The molecule has 0 aliphatic carbocycles. The summed E-state index contributed by atoms with van der Waals surface area (Å²) in [5.41, 5.74) is 8.54. The summed E-state index contributed by atoms with van der Waals surface area (Å²) in [5.74, 6) is 0. The fourth-order valence-electron chi connectivity index (χ4n) is 1.57. The van der Waals surface area contributed by atoms with Gasteiger partial charge >= 0.3 is 0 Å². The highest BCUT2D eigenvalue weighted by Gasteiger charge is 2.11. The van der Waals surface area contributed by atoms with Gasteiger partial charge in [0.15, 0.2) is 0 Å². The topological polar surface area (TPSA) is 51.8 Å². The average molecular weight is 247 g/mol. The summed E-state index contributed by atoms with van der Waals surface area (Å²) in [6.07, 6.45) is 0. The second kappa shape index (κ2) is 3.54. The Morgan fingerprint density at radius 1 is 1.31 bits per heavy atom. The number of hydrogen-bond acceptors (Lipinski definition) is 5. The molecule has 1 aromatic carbocycles. The summed E-state index contributed by atoms with van der Waals surface area (Å²) in [5, 5.41) is 4.10. The number of aromatic nitrogens is 2. The molecule has 16 heavy (non-hydrogen) atoms. The molecule has 0 bridgehead atoms. The maximum Gasteiger partial charge on any atom is 0.143 e. The Morgan fingerprint density at radius 2 is 2.19 bits per heavy atom. The second-order valence-electron chi connectivity index (χ2n) is 3.58. The number of thiazole rings is 1. The molecule has 0 radical (unpaired) electrons. The van der Waals surface area contributed by atoms with E-state index < -0.39 is 0 Å². The normalized spacial score (nSPS) is 11.1. The molecule has 0 spiro atoms. The summed E-state index contributed by atoms with van der Waals surface area (Å²) in [6.45, 7) is 1.99. The van der Waals surface area contributed by atoms with Crippen molar-refractivity contribution in [1.29, 1.82) is 0 Å². The van der Waals surface area contributed by atoms with Crippen LogP contribution in [-0.2, 0) is 0 Å². The lowest BCUT2D eigenvalue weighted by molar-refractivity contribution is 1.26. The lowest BCUT2D eigenvalue weighted by atomic mass is 10.2. The molecule has 0 saturated heterocycles. The first-order valence-electron chi connectivity index (χ1n) is 4.81. The van der Waals surface area contributed by atoms with E-state index >= 15 is 0 Å². The maximum absolute atomic E-state index is 5.80. The Bertz CT molecular complexity index is 654. The lowest BCUT2D eigenvalue weighted by Crippen LogP contribution is -1.83. The summed E-state index contributed by atoms with van der Waals surface area (Å²) >= 11 is 3.11. The van der Waals surface area contributed by atoms with Crippen LogP contribution >= 0.6 is 22.9 Å². The number of nitrogens with zero attached hydrogens (tertiary/aromatic N) is 2. The first-order valence-corrected chi connectivity index (χ1v) is 6.47. The van der Waals surface area contributed by atoms with Gasteiger partial charge in [0.2, 0.25) is 0 Å². The smallest absolute Gasteiger partial charge is 0.143 e. The molecule has 0 fully saturated rings. The second-order valence-corrected chi connectivity index (χ2v) is 5.24. The van der Waals surface area contributed by atoms with Crippen molar-refractivity contribution >= 4 is 38.6 Å². The Balaban J connectivity index is 2.27. The quantitative estimate of drug-likeness (QED) is 0.671.